The van der Waals surface area contributed by atoms with Crippen molar-refractivity contribution in [2.24, 2.45) is 0 Å². The van der Waals surface area contributed by atoms with Crippen LogP contribution in [0.5, 0.6) is 0 Å². The molecule has 2 rings (SSSR count). The van der Waals surface area contributed by atoms with Crippen molar-refractivity contribution in [1.29, 1.82) is 0 Å². The third-order valence-corrected chi connectivity index (χ3v) is 4.25. The van der Waals surface area contributed by atoms with Gasteiger partial charge in [-0.15, -0.1) is 0 Å². The van der Waals surface area contributed by atoms with Gasteiger partial charge in [-0.2, -0.15) is 4.57 Å². The summed E-state index contributed by atoms with van der Waals surface area (Å²) in [6.45, 7) is 3.38. The highest BCUT2D eigenvalue weighted by atomic mass is 16.6. The summed E-state index contributed by atoms with van der Waals surface area (Å²) < 4.78 is 12.3. The lowest BCUT2D eigenvalue weighted by atomic mass is 10.1. The number of ketones is 1. The number of carbonyl (C=O) groups excluding carboxylic acids is 2. The van der Waals surface area contributed by atoms with Crippen molar-refractivity contribution in [2.75, 3.05) is 6.61 Å². The molecule has 1 aliphatic rings. The highest BCUT2D eigenvalue weighted by Gasteiger charge is 2.48. The molecular weight excluding hydrogens is 326 g/mol. The van der Waals surface area contributed by atoms with E-state index >= 15 is 0 Å². The Bertz CT molecular complexity index is 605. The molecule has 7 nitrogen and oxygen atoms in total. The third-order valence-electron chi connectivity index (χ3n) is 4.25. The molecule has 2 N–H and O–H groups in total. The standard InChI is InChI=1S/C18H26NO6/c1-3-4-5-8-15(21)24-11-14-16(22)17(23)18(25-14)19-9-6-7-13(10-19)12(2)20/h6-7,9-10,14,16-18,22-23H,3-5,8,11H2,1-2H3/q+1/t14-,16-,17-,18?/m1/s1. The number of pyridine rings is 1. The van der Waals surface area contributed by atoms with Crippen molar-refractivity contribution in [3.05, 3.63) is 30.1 Å². The van der Waals surface area contributed by atoms with Gasteiger partial charge >= 0.3 is 5.97 Å². The average molecular weight is 352 g/mol. The second kappa shape index (κ2) is 9.03. The smallest absolute Gasteiger partial charge is 0.305 e. The summed E-state index contributed by atoms with van der Waals surface area (Å²) in [6.07, 6.45) is 2.25. The molecule has 4 atom stereocenters. The number of hydrogen-bond acceptors (Lipinski definition) is 6. The SMILES string of the molecule is CCCCCC(=O)OC[C@H]1OC([n+]2cccc(C(C)=O)c2)[C@H](O)[C@@H]1O. The van der Waals surface area contributed by atoms with E-state index in [1.807, 2.05) is 6.92 Å². The molecule has 1 fully saturated rings. The molecule has 0 spiro atoms. The Morgan fingerprint density at radius 2 is 2.04 bits per heavy atom. The maximum absolute atomic E-state index is 11.7. The van der Waals surface area contributed by atoms with Crippen molar-refractivity contribution < 1.29 is 33.8 Å². The first-order valence-corrected chi connectivity index (χ1v) is 8.63. The Labute approximate surface area is 147 Å². The lowest BCUT2D eigenvalue weighted by Crippen LogP contribution is -2.46. The van der Waals surface area contributed by atoms with Crippen molar-refractivity contribution in [1.82, 2.24) is 0 Å². The monoisotopic (exact) mass is 352 g/mol. The second-order valence-corrected chi connectivity index (χ2v) is 6.28. The van der Waals surface area contributed by atoms with Gasteiger partial charge in [-0.05, 0) is 19.4 Å². The van der Waals surface area contributed by atoms with E-state index in [-0.39, 0.29) is 18.4 Å². The number of rotatable bonds is 8. The van der Waals surface area contributed by atoms with Gasteiger partial charge in [0.25, 0.3) is 6.23 Å². The number of aromatic nitrogens is 1. The summed E-state index contributed by atoms with van der Waals surface area (Å²) in [6, 6.07) is 3.33. The summed E-state index contributed by atoms with van der Waals surface area (Å²) in [7, 11) is 0. The van der Waals surface area contributed by atoms with Gasteiger partial charge in [0.2, 0.25) is 0 Å². The first-order chi connectivity index (χ1) is 11.9. The molecule has 1 aromatic heterocycles. The summed E-state index contributed by atoms with van der Waals surface area (Å²) >= 11 is 0. The van der Waals surface area contributed by atoms with Gasteiger partial charge in [-0.3, -0.25) is 9.59 Å². The van der Waals surface area contributed by atoms with Crippen molar-refractivity contribution in [3.8, 4) is 0 Å². The first kappa shape index (κ1) is 19.5. The number of nitrogens with zero attached hydrogens (tertiary/aromatic N) is 1. The van der Waals surface area contributed by atoms with E-state index in [1.54, 1.807) is 24.5 Å². The van der Waals surface area contributed by atoms with Crippen molar-refractivity contribution in [2.45, 2.75) is 64.1 Å². The molecule has 0 aromatic carbocycles. The van der Waals surface area contributed by atoms with E-state index < -0.39 is 24.5 Å². The van der Waals surface area contributed by atoms with Crippen LogP contribution in [0.3, 0.4) is 0 Å². The van der Waals surface area contributed by atoms with Crippen LogP contribution in [0, 0.1) is 0 Å². The minimum atomic E-state index is -1.18. The zero-order chi connectivity index (χ0) is 18.4. The quantitative estimate of drug-likeness (QED) is 0.313. The molecule has 1 saturated heterocycles. The zero-order valence-electron chi connectivity index (χ0n) is 14.6. The van der Waals surface area contributed by atoms with Gasteiger partial charge in [0.05, 0.1) is 5.56 Å². The van der Waals surface area contributed by atoms with Gasteiger partial charge < -0.3 is 19.7 Å². The molecule has 7 heteroatoms. The minimum absolute atomic E-state index is 0.111. The zero-order valence-corrected chi connectivity index (χ0v) is 14.6. The lowest BCUT2D eigenvalue weighted by molar-refractivity contribution is -0.765. The Morgan fingerprint density at radius 1 is 1.28 bits per heavy atom. The van der Waals surface area contributed by atoms with Crippen molar-refractivity contribution in [3.63, 3.8) is 0 Å². The molecular formula is C18H26NO6+. The number of Topliss-reactive ketones (excluding diaryl/α,β-unsaturated/α-hetero) is 1. The normalized spacial score (nSPS) is 25.8. The number of hydrogen-bond donors (Lipinski definition) is 2. The molecule has 0 saturated carbocycles. The van der Waals surface area contributed by atoms with Gasteiger partial charge in [0, 0.05) is 12.5 Å². The molecule has 0 amide bonds. The van der Waals surface area contributed by atoms with Crippen LogP contribution >= 0.6 is 0 Å². The predicted octanol–water partition coefficient (Wildman–Crippen LogP) is 0.919. The van der Waals surface area contributed by atoms with Crippen LogP contribution in [-0.4, -0.2) is 46.9 Å². The number of esters is 1. The van der Waals surface area contributed by atoms with E-state index in [1.165, 1.54) is 11.5 Å². The van der Waals surface area contributed by atoms with E-state index in [0.29, 0.717) is 12.0 Å². The van der Waals surface area contributed by atoms with Crippen LogP contribution in [0.15, 0.2) is 24.5 Å². The van der Waals surface area contributed by atoms with E-state index in [4.69, 9.17) is 9.47 Å². The summed E-state index contributed by atoms with van der Waals surface area (Å²) in [4.78, 5) is 23.2. The number of aliphatic hydroxyl groups is 2. The number of unbranched alkanes of at least 4 members (excludes halogenated alkanes) is 2. The summed E-state index contributed by atoms with van der Waals surface area (Å²) in [5.41, 5.74) is 0.471. The van der Waals surface area contributed by atoms with Gasteiger partial charge in [-0.25, -0.2) is 0 Å². The largest absolute Gasteiger partial charge is 0.463 e. The fourth-order valence-electron chi connectivity index (χ4n) is 2.74. The van der Waals surface area contributed by atoms with Crippen molar-refractivity contribution >= 4 is 11.8 Å². The Hall–Kier alpha value is -1.83. The maximum atomic E-state index is 11.7. The third kappa shape index (κ3) is 5.07. The molecule has 0 aliphatic carbocycles. The van der Waals surface area contributed by atoms with E-state index in [2.05, 4.69) is 0 Å². The number of aliphatic hydroxyl groups excluding tert-OH is 2. The maximum Gasteiger partial charge on any atom is 0.305 e. The Morgan fingerprint density at radius 3 is 2.72 bits per heavy atom. The van der Waals surface area contributed by atoms with Crippen LogP contribution < -0.4 is 4.57 Å². The minimum Gasteiger partial charge on any atom is -0.463 e. The molecule has 1 aliphatic heterocycles. The molecule has 138 valence electrons. The highest BCUT2D eigenvalue weighted by Crippen LogP contribution is 2.26. The van der Waals surface area contributed by atoms with E-state index in [9.17, 15) is 19.8 Å². The molecule has 25 heavy (non-hydrogen) atoms. The predicted molar refractivity (Wildman–Crippen MR) is 87.7 cm³/mol. The molecule has 1 aromatic rings. The highest BCUT2D eigenvalue weighted by molar-refractivity contribution is 5.93. The fraction of sp³-hybridized carbons (Fsp3) is 0.611. The van der Waals surface area contributed by atoms with Crippen LogP contribution in [0.25, 0.3) is 0 Å². The van der Waals surface area contributed by atoms with Gasteiger partial charge in [0.15, 0.2) is 24.3 Å². The summed E-state index contributed by atoms with van der Waals surface area (Å²) in [5.74, 6) is -0.451. The Kier molecular flexibility index (Phi) is 7.04. The van der Waals surface area contributed by atoms with Crippen LogP contribution in [0.4, 0.5) is 0 Å². The fourth-order valence-corrected chi connectivity index (χ4v) is 2.74. The summed E-state index contributed by atoms with van der Waals surface area (Å²) in [5, 5.41) is 20.4. The molecule has 0 bridgehead atoms. The first-order valence-electron chi connectivity index (χ1n) is 8.63. The molecule has 0 radical (unpaired) electrons. The second-order valence-electron chi connectivity index (χ2n) is 6.28. The van der Waals surface area contributed by atoms with Crippen LogP contribution in [0.2, 0.25) is 0 Å². The molecule has 2 heterocycles. The lowest BCUT2D eigenvalue weighted by Gasteiger charge is -2.13. The van der Waals surface area contributed by atoms with Crippen LogP contribution in [0.1, 0.15) is 56.1 Å². The van der Waals surface area contributed by atoms with Crippen LogP contribution in [-0.2, 0) is 14.3 Å². The number of ether oxygens (including phenoxy) is 2. The number of carbonyl (C=O) groups is 2. The van der Waals surface area contributed by atoms with E-state index in [0.717, 1.165) is 19.3 Å². The topological polar surface area (TPSA) is 96.9 Å². The van der Waals surface area contributed by atoms with Gasteiger partial charge in [0.1, 0.15) is 18.8 Å². The average Bonchev–Trinajstić information content (AvgIpc) is 2.88. The Balaban J connectivity index is 1.95. The molecule has 1 unspecified atom stereocenters. The van der Waals surface area contributed by atoms with Gasteiger partial charge in [-0.1, -0.05) is 19.8 Å².